The van der Waals surface area contributed by atoms with Crippen molar-refractivity contribution in [2.45, 2.75) is 71.9 Å². The minimum atomic E-state index is -0.0870. The molecule has 1 aliphatic rings. The molecule has 1 atom stereocenters. The summed E-state index contributed by atoms with van der Waals surface area (Å²) >= 11 is 0. The third-order valence-electron chi connectivity index (χ3n) is 7.58. The predicted molar refractivity (Wildman–Crippen MR) is 141 cm³/mol. The molecule has 0 amide bonds. The first kappa shape index (κ1) is 23.6. The number of imidazole rings is 1. The molecule has 0 bridgehead atoms. The highest BCUT2D eigenvalue weighted by Gasteiger charge is 2.28. The molecule has 2 aromatic carbocycles. The Balaban J connectivity index is 1.80. The number of phenolic OH excluding ortho intramolecular Hbond substituents is 1. The number of benzene rings is 2. The summed E-state index contributed by atoms with van der Waals surface area (Å²) in [4.78, 5) is 21.4. The third kappa shape index (κ3) is 3.94. The highest BCUT2D eigenvalue weighted by molar-refractivity contribution is 5.89. The van der Waals surface area contributed by atoms with E-state index in [1.807, 2.05) is 62.7 Å². The molecule has 0 aliphatic carbocycles. The van der Waals surface area contributed by atoms with Crippen LogP contribution in [0.3, 0.4) is 0 Å². The summed E-state index contributed by atoms with van der Waals surface area (Å²) in [5, 5.41) is 11.8. The van der Waals surface area contributed by atoms with Gasteiger partial charge in [-0.15, -0.1) is 0 Å². The molecule has 1 fully saturated rings. The van der Waals surface area contributed by atoms with Crippen molar-refractivity contribution < 1.29 is 9.52 Å². The summed E-state index contributed by atoms with van der Waals surface area (Å²) in [6.45, 7) is 9.86. The van der Waals surface area contributed by atoms with E-state index in [1.54, 1.807) is 0 Å². The van der Waals surface area contributed by atoms with Crippen LogP contribution in [0.5, 0.6) is 5.75 Å². The van der Waals surface area contributed by atoms with Crippen LogP contribution in [-0.2, 0) is 20.0 Å². The number of aromatic nitrogens is 2. The van der Waals surface area contributed by atoms with E-state index in [-0.39, 0.29) is 17.1 Å². The first-order valence-corrected chi connectivity index (χ1v) is 12.8. The molecule has 35 heavy (non-hydrogen) atoms. The van der Waals surface area contributed by atoms with Crippen molar-refractivity contribution in [2.24, 2.45) is 7.05 Å². The Kier molecular flexibility index (Phi) is 6.18. The van der Waals surface area contributed by atoms with Crippen molar-refractivity contribution in [3.05, 3.63) is 57.4 Å². The minimum absolute atomic E-state index is 0.0309. The average Bonchev–Trinajstić information content (AvgIpc) is 3.18. The fraction of sp³-hybridized carbons (Fsp3) is 0.448. The van der Waals surface area contributed by atoms with Gasteiger partial charge in [0.2, 0.25) is 5.43 Å². The monoisotopic (exact) mass is 473 g/mol. The van der Waals surface area contributed by atoms with Crippen LogP contribution in [0.1, 0.15) is 69.8 Å². The number of hydrogen-bond acceptors (Lipinski definition) is 5. The van der Waals surface area contributed by atoms with Crippen LogP contribution in [0.2, 0.25) is 0 Å². The van der Waals surface area contributed by atoms with E-state index >= 15 is 0 Å². The minimum Gasteiger partial charge on any atom is -0.507 e. The van der Waals surface area contributed by atoms with E-state index in [0.29, 0.717) is 47.1 Å². The molecule has 5 rings (SSSR count). The number of nitrogens with zero attached hydrogens (tertiary/aromatic N) is 3. The number of rotatable bonds is 5. The first-order chi connectivity index (χ1) is 16.8. The van der Waals surface area contributed by atoms with Gasteiger partial charge in [0.1, 0.15) is 28.5 Å². The molecule has 1 N–H and O–H groups in total. The van der Waals surface area contributed by atoms with Gasteiger partial charge in [0.15, 0.2) is 0 Å². The number of aromatic hydroxyl groups is 1. The Morgan fingerprint density at radius 2 is 2.00 bits per heavy atom. The normalized spacial score (nSPS) is 17.1. The Bertz CT molecular complexity index is 1460. The summed E-state index contributed by atoms with van der Waals surface area (Å²) in [6.07, 6.45) is 4.16. The van der Waals surface area contributed by atoms with Gasteiger partial charge in [-0.2, -0.15) is 0 Å². The van der Waals surface area contributed by atoms with Gasteiger partial charge in [0, 0.05) is 25.6 Å². The highest BCUT2D eigenvalue weighted by atomic mass is 16.3. The van der Waals surface area contributed by atoms with Crippen LogP contribution in [-0.4, -0.2) is 32.1 Å². The van der Waals surface area contributed by atoms with Crippen molar-refractivity contribution in [3.63, 3.8) is 0 Å². The molecule has 6 nitrogen and oxygen atoms in total. The van der Waals surface area contributed by atoms with Crippen molar-refractivity contribution in [2.75, 3.05) is 6.54 Å². The zero-order chi connectivity index (χ0) is 24.9. The molecule has 3 heterocycles. The zero-order valence-electron chi connectivity index (χ0n) is 21.4. The third-order valence-corrected chi connectivity index (χ3v) is 7.58. The summed E-state index contributed by atoms with van der Waals surface area (Å²) in [6, 6.07) is 10.1. The number of piperidine rings is 1. The molecule has 6 heteroatoms. The Morgan fingerprint density at radius 1 is 1.23 bits per heavy atom. The lowest BCUT2D eigenvalue weighted by Gasteiger charge is -2.33. The van der Waals surface area contributed by atoms with Crippen molar-refractivity contribution in [3.8, 4) is 17.1 Å². The van der Waals surface area contributed by atoms with Crippen LogP contribution in [0.4, 0.5) is 0 Å². The van der Waals surface area contributed by atoms with Gasteiger partial charge in [0.05, 0.1) is 22.0 Å². The summed E-state index contributed by atoms with van der Waals surface area (Å²) in [5.74, 6) is 1.45. The molecule has 0 unspecified atom stereocenters. The van der Waals surface area contributed by atoms with Gasteiger partial charge in [-0.05, 0) is 56.5 Å². The smallest absolute Gasteiger partial charge is 0.203 e. The molecule has 0 spiro atoms. The standard InChI is InChI=1S/C29H35N3O3/c1-6-19-15-20-26(34)24(29-30-22-12-7-8-13-23(22)31(29)5)27(17(2)3)35-28(20)21(25(19)33)16-32-14-10-9-11-18(32)4/h7-8,12-13,15,17-18,33H,6,9-11,14,16H2,1-5H3/t18-/m1/s1. The summed E-state index contributed by atoms with van der Waals surface area (Å²) in [5.41, 5.74) is 4.25. The SMILES string of the molecule is CCc1cc2c(=O)c(-c3nc4ccccc4n3C)c(C(C)C)oc2c(CN2CCCC[C@H]2C)c1O. The van der Waals surface area contributed by atoms with Gasteiger partial charge >= 0.3 is 0 Å². The largest absolute Gasteiger partial charge is 0.507 e. The topological polar surface area (TPSA) is 71.5 Å². The fourth-order valence-electron chi connectivity index (χ4n) is 5.46. The average molecular weight is 474 g/mol. The van der Waals surface area contributed by atoms with Gasteiger partial charge in [0.25, 0.3) is 0 Å². The lowest BCUT2D eigenvalue weighted by Crippen LogP contribution is -2.36. The van der Waals surface area contributed by atoms with E-state index in [9.17, 15) is 9.90 Å². The maximum atomic E-state index is 14.2. The first-order valence-electron chi connectivity index (χ1n) is 12.8. The molecule has 1 aliphatic heterocycles. The number of aryl methyl sites for hydroxylation is 2. The van der Waals surface area contributed by atoms with Crippen LogP contribution < -0.4 is 5.43 Å². The second-order valence-corrected chi connectivity index (χ2v) is 10.2. The van der Waals surface area contributed by atoms with Gasteiger partial charge in [-0.1, -0.05) is 39.3 Å². The van der Waals surface area contributed by atoms with E-state index < -0.39 is 0 Å². The second kappa shape index (κ2) is 9.15. The van der Waals surface area contributed by atoms with E-state index in [4.69, 9.17) is 9.40 Å². The maximum Gasteiger partial charge on any atom is 0.203 e. The van der Waals surface area contributed by atoms with Gasteiger partial charge in [-0.25, -0.2) is 4.98 Å². The Hall–Kier alpha value is -3.12. The predicted octanol–water partition coefficient (Wildman–Crippen LogP) is 6.11. The Morgan fingerprint density at radius 3 is 2.69 bits per heavy atom. The fourth-order valence-corrected chi connectivity index (χ4v) is 5.46. The molecule has 184 valence electrons. The van der Waals surface area contributed by atoms with Crippen LogP contribution in [0.25, 0.3) is 33.4 Å². The highest BCUT2D eigenvalue weighted by Crippen LogP contribution is 2.37. The van der Waals surface area contributed by atoms with Crippen LogP contribution in [0, 0.1) is 0 Å². The van der Waals surface area contributed by atoms with Crippen LogP contribution in [0.15, 0.2) is 39.5 Å². The van der Waals surface area contributed by atoms with E-state index in [2.05, 4.69) is 11.8 Å². The summed E-state index contributed by atoms with van der Waals surface area (Å²) in [7, 11) is 1.94. The number of phenols is 1. The molecule has 0 saturated carbocycles. The number of hydrogen-bond donors (Lipinski definition) is 1. The van der Waals surface area contributed by atoms with Gasteiger partial charge in [-0.3, -0.25) is 9.69 Å². The van der Waals surface area contributed by atoms with Gasteiger partial charge < -0.3 is 14.1 Å². The van der Waals surface area contributed by atoms with E-state index in [1.165, 1.54) is 6.42 Å². The molecular formula is C29H35N3O3. The molecule has 1 saturated heterocycles. The molecular weight excluding hydrogens is 438 g/mol. The molecule has 2 aromatic heterocycles. The quantitative estimate of drug-likeness (QED) is 0.378. The maximum absolute atomic E-state index is 14.2. The lowest BCUT2D eigenvalue weighted by atomic mass is 9.96. The summed E-state index contributed by atoms with van der Waals surface area (Å²) < 4.78 is 8.56. The molecule has 0 radical (unpaired) electrons. The number of fused-ring (bicyclic) bond motifs is 2. The van der Waals surface area contributed by atoms with E-state index in [0.717, 1.165) is 41.5 Å². The van der Waals surface area contributed by atoms with Crippen molar-refractivity contribution >= 4 is 22.0 Å². The zero-order valence-corrected chi connectivity index (χ0v) is 21.4. The van der Waals surface area contributed by atoms with Crippen molar-refractivity contribution in [1.29, 1.82) is 0 Å². The molecule has 4 aromatic rings. The number of likely N-dealkylation sites (tertiary alicyclic amines) is 1. The Labute approximate surface area is 206 Å². The second-order valence-electron chi connectivity index (χ2n) is 10.2. The lowest BCUT2D eigenvalue weighted by molar-refractivity contribution is 0.151. The number of para-hydroxylation sites is 2. The van der Waals surface area contributed by atoms with Crippen LogP contribution >= 0.6 is 0 Å². The van der Waals surface area contributed by atoms with Crippen molar-refractivity contribution in [1.82, 2.24) is 14.5 Å².